The Bertz CT molecular complexity index is 445. The monoisotopic (exact) mass is 305 g/mol. The summed E-state index contributed by atoms with van der Waals surface area (Å²) < 4.78 is 25.2. The van der Waals surface area contributed by atoms with Crippen LogP contribution in [-0.2, 0) is 16.4 Å². The van der Waals surface area contributed by atoms with E-state index in [2.05, 4.69) is 20.7 Å². The predicted molar refractivity (Wildman–Crippen MR) is 70.2 cm³/mol. The number of alkyl halides is 1. The quantitative estimate of drug-likeness (QED) is 0.848. The maximum atomic E-state index is 11.3. The first-order chi connectivity index (χ1) is 7.44. The molecule has 1 aromatic rings. The lowest BCUT2D eigenvalue weighted by molar-refractivity contribution is 0.564. The minimum absolute atomic E-state index is 0.0574. The van der Waals surface area contributed by atoms with Gasteiger partial charge in [0.15, 0.2) is 0 Å². The van der Waals surface area contributed by atoms with Gasteiger partial charge in [0.05, 0.1) is 0 Å². The van der Waals surface area contributed by atoms with Gasteiger partial charge in [-0.2, -0.15) is 0 Å². The summed E-state index contributed by atoms with van der Waals surface area (Å²) in [5.74, 6) is 0. The zero-order valence-corrected chi connectivity index (χ0v) is 11.8. The Labute approximate surface area is 105 Å². The number of benzene rings is 1. The topological polar surface area (TPSA) is 46.2 Å². The number of rotatable bonds is 5. The van der Waals surface area contributed by atoms with Gasteiger partial charge in [-0.3, -0.25) is 0 Å². The molecular formula is C11H16BrNO2S. The molecule has 0 saturated heterocycles. The third-order valence-corrected chi connectivity index (χ3v) is 5.17. The SMILES string of the molecule is Cc1ccccc1CC(C)NS(=O)(=O)CBr. The molecule has 90 valence electrons. The fourth-order valence-corrected chi connectivity index (χ4v) is 2.70. The highest BCUT2D eigenvalue weighted by atomic mass is 79.9. The lowest BCUT2D eigenvalue weighted by Gasteiger charge is -2.14. The molecule has 5 heteroatoms. The number of halogens is 1. The summed E-state index contributed by atoms with van der Waals surface area (Å²) in [6.45, 7) is 3.90. The molecule has 0 heterocycles. The fourth-order valence-electron chi connectivity index (χ4n) is 1.55. The van der Waals surface area contributed by atoms with Crippen LogP contribution in [0.15, 0.2) is 24.3 Å². The summed E-state index contributed by atoms with van der Waals surface area (Å²) in [5, 5.41) is 0. The van der Waals surface area contributed by atoms with E-state index in [9.17, 15) is 8.42 Å². The molecule has 0 aromatic heterocycles. The Hall–Kier alpha value is -0.390. The molecule has 3 nitrogen and oxygen atoms in total. The molecule has 0 bridgehead atoms. The summed E-state index contributed by atoms with van der Waals surface area (Å²) in [5.41, 5.74) is 2.36. The minimum Gasteiger partial charge on any atom is -0.212 e. The van der Waals surface area contributed by atoms with Crippen LogP contribution in [0.2, 0.25) is 0 Å². The zero-order valence-electron chi connectivity index (χ0n) is 9.40. The normalized spacial score (nSPS) is 13.7. The second-order valence-corrected chi connectivity index (χ2v) is 6.93. The maximum Gasteiger partial charge on any atom is 0.221 e. The Balaban J connectivity index is 2.66. The molecule has 0 saturated carbocycles. The molecule has 1 rings (SSSR count). The van der Waals surface area contributed by atoms with Gasteiger partial charge in [-0.15, -0.1) is 0 Å². The number of aryl methyl sites for hydroxylation is 1. The van der Waals surface area contributed by atoms with Crippen LogP contribution in [0.5, 0.6) is 0 Å². The second-order valence-electron chi connectivity index (χ2n) is 3.87. The van der Waals surface area contributed by atoms with Crippen LogP contribution >= 0.6 is 15.9 Å². The van der Waals surface area contributed by atoms with Crippen molar-refractivity contribution in [1.82, 2.24) is 4.72 Å². The molecule has 0 aliphatic carbocycles. The van der Waals surface area contributed by atoms with Gasteiger partial charge in [-0.1, -0.05) is 40.2 Å². The molecule has 0 aliphatic rings. The van der Waals surface area contributed by atoms with Gasteiger partial charge in [0.25, 0.3) is 0 Å². The highest BCUT2D eigenvalue weighted by Gasteiger charge is 2.13. The van der Waals surface area contributed by atoms with Crippen molar-refractivity contribution in [2.24, 2.45) is 0 Å². The molecule has 16 heavy (non-hydrogen) atoms. The van der Waals surface area contributed by atoms with Crippen molar-refractivity contribution in [2.75, 3.05) is 4.66 Å². The van der Waals surface area contributed by atoms with Crippen LogP contribution < -0.4 is 4.72 Å². The van der Waals surface area contributed by atoms with Gasteiger partial charge in [0.1, 0.15) is 4.66 Å². The van der Waals surface area contributed by atoms with E-state index < -0.39 is 10.0 Å². The third-order valence-electron chi connectivity index (χ3n) is 2.31. The zero-order chi connectivity index (χ0) is 12.2. The van der Waals surface area contributed by atoms with Gasteiger partial charge in [-0.05, 0) is 31.4 Å². The van der Waals surface area contributed by atoms with Gasteiger partial charge in [0, 0.05) is 6.04 Å². The van der Waals surface area contributed by atoms with E-state index in [0.717, 1.165) is 0 Å². The van der Waals surface area contributed by atoms with E-state index in [4.69, 9.17) is 0 Å². The first-order valence-corrected chi connectivity index (χ1v) is 7.82. The van der Waals surface area contributed by atoms with Crippen molar-refractivity contribution < 1.29 is 8.42 Å². The average molecular weight is 306 g/mol. The summed E-state index contributed by atoms with van der Waals surface area (Å²) in [6, 6.07) is 7.90. The Morgan fingerprint density at radius 1 is 1.38 bits per heavy atom. The van der Waals surface area contributed by atoms with Crippen LogP contribution in [0.3, 0.4) is 0 Å². The summed E-state index contributed by atoms with van der Waals surface area (Å²) in [4.78, 5) is 0. The van der Waals surface area contributed by atoms with Crippen molar-refractivity contribution >= 4 is 26.0 Å². The highest BCUT2D eigenvalue weighted by Crippen LogP contribution is 2.10. The number of sulfonamides is 1. The molecule has 0 radical (unpaired) electrons. The number of hydrogen-bond donors (Lipinski definition) is 1. The van der Waals surface area contributed by atoms with Crippen LogP contribution in [0.4, 0.5) is 0 Å². The maximum absolute atomic E-state index is 11.3. The molecule has 0 fully saturated rings. The van der Waals surface area contributed by atoms with E-state index in [-0.39, 0.29) is 10.7 Å². The van der Waals surface area contributed by atoms with E-state index in [1.807, 2.05) is 38.1 Å². The van der Waals surface area contributed by atoms with E-state index in [1.165, 1.54) is 11.1 Å². The molecule has 1 N–H and O–H groups in total. The van der Waals surface area contributed by atoms with E-state index >= 15 is 0 Å². The minimum atomic E-state index is -3.19. The predicted octanol–water partition coefficient (Wildman–Crippen LogP) is 2.20. The van der Waals surface area contributed by atoms with Gasteiger partial charge in [0.2, 0.25) is 10.0 Å². The van der Waals surface area contributed by atoms with Crippen molar-refractivity contribution in [1.29, 1.82) is 0 Å². The molecule has 0 spiro atoms. The summed E-state index contributed by atoms with van der Waals surface area (Å²) >= 11 is 2.95. The van der Waals surface area contributed by atoms with Crippen molar-refractivity contribution in [3.63, 3.8) is 0 Å². The molecular weight excluding hydrogens is 290 g/mol. The van der Waals surface area contributed by atoms with Gasteiger partial charge < -0.3 is 0 Å². The Morgan fingerprint density at radius 2 is 2.00 bits per heavy atom. The summed E-state index contributed by atoms with van der Waals surface area (Å²) in [6.07, 6.45) is 0.707. The lowest BCUT2D eigenvalue weighted by Crippen LogP contribution is -2.34. The van der Waals surface area contributed by atoms with Crippen LogP contribution in [0, 0.1) is 6.92 Å². The third kappa shape index (κ3) is 4.23. The molecule has 1 aromatic carbocycles. The van der Waals surface area contributed by atoms with Crippen LogP contribution in [-0.4, -0.2) is 19.1 Å². The van der Waals surface area contributed by atoms with Crippen molar-refractivity contribution in [3.8, 4) is 0 Å². The van der Waals surface area contributed by atoms with Crippen LogP contribution in [0.25, 0.3) is 0 Å². The fraction of sp³-hybridized carbons (Fsp3) is 0.455. The summed E-state index contributed by atoms with van der Waals surface area (Å²) in [7, 11) is -3.19. The average Bonchev–Trinajstić information content (AvgIpc) is 2.21. The molecule has 0 aliphatic heterocycles. The first-order valence-electron chi connectivity index (χ1n) is 5.05. The highest BCUT2D eigenvalue weighted by molar-refractivity contribution is 9.10. The molecule has 0 amide bonds. The Kier molecular flexibility index (Phi) is 4.95. The molecule has 1 atom stereocenters. The van der Waals surface area contributed by atoms with E-state index in [0.29, 0.717) is 6.42 Å². The smallest absolute Gasteiger partial charge is 0.212 e. The number of hydrogen-bond acceptors (Lipinski definition) is 2. The first kappa shape index (κ1) is 13.7. The van der Waals surface area contributed by atoms with Gasteiger partial charge in [-0.25, -0.2) is 13.1 Å². The van der Waals surface area contributed by atoms with Gasteiger partial charge >= 0.3 is 0 Å². The lowest BCUT2D eigenvalue weighted by atomic mass is 10.0. The second kappa shape index (κ2) is 5.80. The standard InChI is InChI=1S/C11H16BrNO2S/c1-9-5-3-4-6-11(9)7-10(2)13-16(14,15)8-12/h3-6,10,13H,7-8H2,1-2H3. The van der Waals surface area contributed by atoms with Crippen molar-refractivity contribution in [2.45, 2.75) is 26.3 Å². The Morgan fingerprint density at radius 3 is 2.56 bits per heavy atom. The largest absolute Gasteiger partial charge is 0.221 e. The number of nitrogens with one attached hydrogen (secondary N) is 1. The van der Waals surface area contributed by atoms with Crippen molar-refractivity contribution in [3.05, 3.63) is 35.4 Å². The van der Waals surface area contributed by atoms with E-state index in [1.54, 1.807) is 0 Å². The van der Waals surface area contributed by atoms with Crippen LogP contribution in [0.1, 0.15) is 18.1 Å². The molecule has 1 unspecified atom stereocenters.